The molecule has 0 saturated heterocycles. The minimum atomic E-state index is -2.33. The molecule has 198 valence electrons. The summed E-state index contributed by atoms with van der Waals surface area (Å²) in [6.45, 7) is 3.62. The minimum absolute atomic E-state index is 0.00362. The lowest BCUT2D eigenvalue weighted by molar-refractivity contribution is -0.114. The molecule has 4 rings (SSSR count). The smallest absolute Gasteiger partial charge is 0.280 e. The van der Waals surface area contributed by atoms with Gasteiger partial charge in [-0.15, -0.1) is 0 Å². The molecule has 3 aromatic carbocycles. The fourth-order valence-electron chi connectivity index (χ4n) is 3.59. The Balaban J connectivity index is 1.67. The third kappa shape index (κ3) is 5.25. The lowest BCUT2D eigenvalue weighted by Crippen LogP contribution is -2.25. The second-order valence-corrected chi connectivity index (χ2v) is 9.25. The molecule has 1 heterocycles. The van der Waals surface area contributed by atoms with Crippen LogP contribution in [0.1, 0.15) is 25.0 Å². The third-order valence-electron chi connectivity index (χ3n) is 5.40. The normalized spacial score (nSPS) is 14.3. The number of nitrogens with zero attached hydrogens (tertiary/aromatic N) is 2. The Morgan fingerprint density at radius 3 is 2.18 bits per heavy atom. The maximum absolute atomic E-state index is 14.3. The summed E-state index contributed by atoms with van der Waals surface area (Å²) in [6, 6.07) is 10.2. The van der Waals surface area contributed by atoms with Gasteiger partial charge in [-0.2, -0.15) is 10.1 Å². The zero-order valence-corrected chi connectivity index (χ0v) is 22.1. The number of hydrazone groups is 1. The van der Waals surface area contributed by atoms with Crippen LogP contribution >= 0.6 is 27.5 Å². The summed E-state index contributed by atoms with van der Waals surface area (Å²) in [6.07, 6.45) is 1.35. The lowest BCUT2D eigenvalue weighted by Gasteiger charge is -2.16. The van der Waals surface area contributed by atoms with Gasteiger partial charge >= 0.3 is 0 Å². The molecule has 5 nitrogen and oxygen atoms in total. The molecule has 0 fully saturated rings. The van der Waals surface area contributed by atoms with Crippen LogP contribution in [0.2, 0.25) is 5.02 Å². The van der Waals surface area contributed by atoms with Crippen molar-refractivity contribution in [1.82, 2.24) is 0 Å². The van der Waals surface area contributed by atoms with Crippen LogP contribution in [0.3, 0.4) is 0 Å². The highest BCUT2D eigenvalue weighted by Gasteiger charge is 2.37. The Kier molecular flexibility index (Phi) is 8.08. The molecule has 0 atom stereocenters. The van der Waals surface area contributed by atoms with Crippen LogP contribution in [-0.2, 0) is 11.4 Å². The number of carbonyl (C=O) groups is 1. The number of benzene rings is 3. The second kappa shape index (κ2) is 11.1. The van der Waals surface area contributed by atoms with Crippen LogP contribution in [0.4, 0.5) is 27.6 Å². The first-order valence-electron chi connectivity index (χ1n) is 11.0. The minimum Gasteiger partial charge on any atom is -0.490 e. The number of amides is 1. The molecule has 0 bridgehead atoms. The van der Waals surface area contributed by atoms with Gasteiger partial charge in [-0.1, -0.05) is 23.7 Å². The number of rotatable bonds is 7. The molecular formula is C26H17BrClF5N2O3. The monoisotopic (exact) mass is 614 g/mol. The van der Waals surface area contributed by atoms with Crippen LogP contribution in [0, 0.1) is 29.1 Å². The molecular weight excluding hydrogens is 599 g/mol. The van der Waals surface area contributed by atoms with Crippen molar-refractivity contribution < 1.29 is 36.2 Å². The van der Waals surface area contributed by atoms with Crippen LogP contribution in [0.25, 0.3) is 6.08 Å². The van der Waals surface area contributed by atoms with Crippen molar-refractivity contribution in [2.24, 2.45) is 5.10 Å². The van der Waals surface area contributed by atoms with Crippen molar-refractivity contribution in [2.45, 2.75) is 20.5 Å². The van der Waals surface area contributed by atoms with E-state index < -0.39 is 40.7 Å². The molecule has 0 N–H and O–H groups in total. The number of ether oxygens (including phenoxy) is 2. The Morgan fingerprint density at radius 2 is 1.58 bits per heavy atom. The Labute approximate surface area is 227 Å². The molecule has 12 heteroatoms. The van der Waals surface area contributed by atoms with Crippen LogP contribution in [0.15, 0.2) is 51.5 Å². The summed E-state index contributed by atoms with van der Waals surface area (Å²) in [5.41, 5.74) is -0.326. The van der Waals surface area contributed by atoms with Crippen molar-refractivity contribution >= 4 is 50.9 Å². The summed E-state index contributed by atoms with van der Waals surface area (Å²) in [4.78, 5) is 13.0. The van der Waals surface area contributed by atoms with E-state index in [0.29, 0.717) is 26.6 Å². The zero-order chi connectivity index (χ0) is 27.7. The Bertz CT molecular complexity index is 1470. The quantitative estimate of drug-likeness (QED) is 0.119. The van der Waals surface area contributed by atoms with Crippen LogP contribution in [-0.4, -0.2) is 18.2 Å². The first-order valence-corrected chi connectivity index (χ1v) is 12.2. The predicted octanol–water partition coefficient (Wildman–Crippen LogP) is 7.58. The first-order chi connectivity index (χ1) is 18.0. The highest BCUT2D eigenvalue weighted by atomic mass is 79.9. The zero-order valence-electron chi connectivity index (χ0n) is 19.7. The molecule has 0 radical (unpaired) electrons. The maximum Gasteiger partial charge on any atom is 0.280 e. The van der Waals surface area contributed by atoms with Gasteiger partial charge in [-0.05, 0) is 71.2 Å². The van der Waals surface area contributed by atoms with Gasteiger partial charge in [0, 0.05) is 5.02 Å². The summed E-state index contributed by atoms with van der Waals surface area (Å²) in [7, 11) is 0. The van der Waals surface area contributed by atoms with Gasteiger partial charge in [0.15, 0.2) is 34.8 Å². The van der Waals surface area contributed by atoms with Gasteiger partial charge in [0.25, 0.3) is 5.91 Å². The molecule has 3 aromatic rings. The number of hydrogen-bond donors (Lipinski definition) is 0. The van der Waals surface area contributed by atoms with Crippen molar-refractivity contribution in [2.75, 3.05) is 11.6 Å². The summed E-state index contributed by atoms with van der Waals surface area (Å²) in [5, 5.41) is 4.48. The van der Waals surface area contributed by atoms with Gasteiger partial charge in [-0.3, -0.25) is 4.79 Å². The van der Waals surface area contributed by atoms with Gasteiger partial charge in [0.2, 0.25) is 5.82 Å². The molecule has 0 aliphatic carbocycles. The van der Waals surface area contributed by atoms with E-state index in [9.17, 15) is 26.7 Å². The van der Waals surface area contributed by atoms with Gasteiger partial charge < -0.3 is 9.47 Å². The van der Waals surface area contributed by atoms with Gasteiger partial charge in [0.05, 0.1) is 22.4 Å². The second-order valence-electron chi connectivity index (χ2n) is 7.96. The fraction of sp³-hybridized carbons (Fsp3) is 0.154. The van der Waals surface area contributed by atoms with Crippen molar-refractivity contribution in [1.29, 1.82) is 0 Å². The summed E-state index contributed by atoms with van der Waals surface area (Å²) in [5.74, 6) is -11.4. The molecule has 0 aromatic heterocycles. The molecule has 38 heavy (non-hydrogen) atoms. The lowest BCUT2D eigenvalue weighted by atomic mass is 10.1. The third-order valence-corrected chi connectivity index (χ3v) is 6.24. The standard InChI is InChI=1S/C26H17BrClF5N2O3/c1-3-37-18-10-14(9-17(27)25(18)38-11-13-4-6-15(28)7-5-13)8-16-12(2)34-35(26(16)36)24-22(32)20(30)19(29)21(31)23(24)33/h4-10H,3,11H2,1-2H3/b16-8-. The Hall–Kier alpha value is -3.44. The average Bonchev–Trinajstić information content (AvgIpc) is 3.15. The van der Waals surface area contributed by atoms with E-state index in [4.69, 9.17) is 21.1 Å². The van der Waals surface area contributed by atoms with Crippen molar-refractivity contribution in [3.05, 3.63) is 91.7 Å². The molecule has 1 aliphatic heterocycles. The summed E-state index contributed by atoms with van der Waals surface area (Å²) < 4.78 is 81.6. The predicted molar refractivity (Wildman–Crippen MR) is 136 cm³/mol. The fourth-order valence-corrected chi connectivity index (χ4v) is 4.29. The van der Waals surface area contributed by atoms with E-state index >= 15 is 0 Å². The molecule has 0 unspecified atom stereocenters. The highest BCUT2D eigenvalue weighted by Crippen LogP contribution is 2.39. The van der Waals surface area contributed by atoms with Crippen molar-refractivity contribution in [3.8, 4) is 11.5 Å². The van der Waals surface area contributed by atoms with E-state index in [1.807, 2.05) is 0 Å². The number of anilines is 1. The molecule has 1 aliphatic rings. The average molecular weight is 616 g/mol. The number of halogens is 7. The Morgan fingerprint density at radius 1 is 0.974 bits per heavy atom. The van der Waals surface area contributed by atoms with Crippen molar-refractivity contribution in [3.63, 3.8) is 0 Å². The van der Waals surface area contributed by atoms with E-state index in [-0.39, 0.29) is 29.5 Å². The highest BCUT2D eigenvalue weighted by molar-refractivity contribution is 9.10. The molecule has 0 saturated carbocycles. The van der Waals surface area contributed by atoms with Gasteiger partial charge in [0.1, 0.15) is 12.3 Å². The van der Waals surface area contributed by atoms with E-state index in [1.165, 1.54) is 13.0 Å². The van der Waals surface area contributed by atoms with Crippen LogP contribution in [0.5, 0.6) is 11.5 Å². The van der Waals surface area contributed by atoms with Crippen LogP contribution < -0.4 is 14.5 Å². The number of carbonyl (C=O) groups excluding carboxylic acids is 1. The topological polar surface area (TPSA) is 51.1 Å². The first kappa shape index (κ1) is 27.6. The van der Waals surface area contributed by atoms with E-state index in [0.717, 1.165) is 5.56 Å². The SMILES string of the molecule is CCOc1cc(/C=C2\C(=O)N(c3c(F)c(F)c(F)c(F)c3F)N=C2C)cc(Br)c1OCc1ccc(Cl)cc1. The molecule has 0 spiro atoms. The number of hydrogen-bond acceptors (Lipinski definition) is 4. The maximum atomic E-state index is 14.3. The van der Waals surface area contributed by atoms with E-state index in [1.54, 1.807) is 43.3 Å². The van der Waals surface area contributed by atoms with Gasteiger partial charge in [-0.25, -0.2) is 22.0 Å². The van der Waals surface area contributed by atoms with E-state index in [2.05, 4.69) is 21.0 Å². The largest absolute Gasteiger partial charge is 0.490 e. The summed E-state index contributed by atoms with van der Waals surface area (Å²) >= 11 is 9.34. The molecule has 1 amide bonds.